The molecular weight excluding hydrogens is 240 g/mol. The van der Waals surface area contributed by atoms with Crippen molar-refractivity contribution in [2.75, 3.05) is 26.2 Å². The van der Waals surface area contributed by atoms with Crippen molar-refractivity contribution >= 4 is 0 Å². The van der Waals surface area contributed by atoms with Gasteiger partial charge in [0, 0.05) is 6.42 Å². The number of rotatable bonds is 7. The van der Waals surface area contributed by atoms with Gasteiger partial charge in [0.25, 0.3) is 0 Å². The van der Waals surface area contributed by atoms with Crippen LogP contribution in [-0.4, -0.2) is 41.3 Å². The van der Waals surface area contributed by atoms with E-state index < -0.39 is 0 Å². The molecule has 5 nitrogen and oxygen atoms in total. The molecule has 0 aromatic carbocycles. The molecule has 1 saturated heterocycles. The first-order chi connectivity index (χ1) is 9.31. The topological polar surface area (TPSA) is 54.2 Å². The van der Waals surface area contributed by atoms with Gasteiger partial charge in [-0.05, 0) is 51.4 Å². The van der Waals surface area contributed by atoms with Gasteiger partial charge in [-0.25, -0.2) is 0 Å². The largest absolute Gasteiger partial charge is 0.424 e. The van der Waals surface area contributed by atoms with Gasteiger partial charge in [-0.2, -0.15) is 0 Å². The van der Waals surface area contributed by atoms with Crippen molar-refractivity contribution in [1.82, 2.24) is 20.4 Å². The van der Waals surface area contributed by atoms with Gasteiger partial charge in [-0.15, -0.1) is 10.2 Å². The monoisotopic (exact) mass is 266 g/mol. The van der Waals surface area contributed by atoms with Gasteiger partial charge in [0.1, 0.15) is 0 Å². The summed E-state index contributed by atoms with van der Waals surface area (Å²) in [6, 6.07) is 0. The third-order valence-corrected chi connectivity index (χ3v) is 3.74. The summed E-state index contributed by atoms with van der Waals surface area (Å²) in [5.74, 6) is 2.34. The lowest BCUT2D eigenvalue weighted by molar-refractivity contribution is 0.161. The summed E-state index contributed by atoms with van der Waals surface area (Å²) in [5, 5.41) is 11.6. The SMILES string of the molecule is CCCNCC1CCN(Cc2nnc(CC)o2)CC1. The predicted molar refractivity (Wildman–Crippen MR) is 74.8 cm³/mol. The molecule has 5 heteroatoms. The van der Waals surface area contributed by atoms with Gasteiger partial charge in [-0.3, -0.25) is 4.90 Å². The Bertz CT molecular complexity index is 358. The minimum Gasteiger partial charge on any atom is -0.424 e. The minimum atomic E-state index is 0.744. The lowest BCUT2D eigenvalue weighted by Crippen LogP contribution is -2.37. The second-order valence-corrected chi connectivity index (χ2v) is 5.37. The summed E-state index contributed by atoms with van der Waals surface area (Å²) < 4.78 is 5.57. The first kappa shape index (κ1) is 14.5. The second-order valence-electron chi connectivity index (χ2n) is 5.37. The Hall–Kier alpha value is -0.940. The molecule has 1 aliphatic rings. The van der Waals surface area contributed by atoms with E-state index in [2.05, 4.69) is 27.3 Å². The Kier molecular flexibility index (Phi) is 5.79. The highest BCUT2D eigenvalue weighted by Crippen LogP contribution is 2.18. The zero-order valence-corrected chi connectivity index (χ0v) is 12.2. The summed E-state index contributed by atoms with van der Waals surface area (Å²) >= 11 is 0. The maximum absolute atomic E-state index is 5.57. The van der Waals surface area contributed by atoms with Gasteiger partial charge in [-0.1, -0.05) is 13.8 Å². The quantitative estimate of drug-likeness (QED) is 0.763. The third kappa shape index (κ3) is 4.58. The molecule has 0 amide bonds. The Balaban J connectivity index is 1.68. The molecule has 0 atom stereocenters. The van der Waals surface area contributed by atoms with E-state index >= 15 is 0 Å². The first-order valence-electron chi connectivity index (χ1n) is 7.56. The first-order valence-corrected chi connectivity index (χ1v) is 7.56. The highest BCUT2D eigenvalue weighted by molar-refractivity contribution is 4.83. The molecule has 1 aromatic rings. The van der Waals surface area contributed by atoms with Crippen LogP contribution in [0.4, 0.5) is 0 Å². The number of aromatic nitrogens is 2. The fraction of sp³-hybridized carbons (Fsp3) is 0.857. The average molecular weight is 266 g/mol. The average Bonchev–Trinajstić information content (AvgIpc) is 2.89. The van der Waals surface area contributed by atoms with E-state index in [0.717, 1.165) is 50.3 Å². The molecule has 108 valence electrons. The fourth-order valence-electron chi connectivity index (χ4n) is 2.52. The summed E-state index contributed by atoms with van der Waals surface area (Å²) in [6.07, 6.45) is 4.57. The van der Waals surface area contributed by atoms with E-state index in [1.54, 1.807) is 0 Å². The highest BCUT2D eigenvalue weighted by atomic mass is 16.4. The van der Waals surface area contributed by atoms with Gasteiger partial charge >= 0.3 is 0 Å². The second kappa shape index (κ2) is 7.60. The standard InChI is InChI=1S/C14H26N4O/c1-3-7-15-10-12-5-8-18(9-6-12)11-14-17-16-13(4-2)19-14/h12,15H,3-11H2,1-2H3. The number of nitrogens with one attached hydrogen (secondary N) is 1. The molecule has 1 aromatic heterocycles. The Labute approximate surface area is 115 Å². The number of hydrogen-bond donors (Lipinski definition) is 1. The zero-order chi connectivity index (χ0) is 13.5. The minimum absolute atomic E-state index is 0.744. The molecule has 19 heavy (non-hydrogen) atoms. The van der Waals surface area contributed by atoms with E-state index in [0.29, 0.717) is 0 Å². The maximum atomic E-state index is 5.57. The molecule has 2 heterocycles. The molecule has 0 aliphatic carbocycles. The molecular formula is C14H26N4O. The van der Waals surface area contributed by atoms with Crippen LogP contribution < -0.4 is 5.32 Å². The van der Waals surface area contributed by atoms with Crippen LogP contribution >= 0.6 is 0 Å². The third-order valence-electron chi connectivity index (χ3n) is 3.74. The number of piperidine rings is 1. The lowest BCUT2D eigenvalue weighted by Gasteiger charge is -2.31. The maximum Gasteiger partial charge on any atom is 0.230 e. The Morgan fingerprint density at radius 2 is 1.95 bits per heavy atom. The summed E-state index contributed by atoms with van der Waals surface area (Å²) in [4.78, 5) is 2.42. The molecule has 0 saturated carbocycles. The van der Waals surface area contributed by atoms with Crippen molar-refractivity contribution in [3.05, 3.63) is 11.8 Å². The van der Waals surface area contributed by atoms with Crippen molar-refractivity contribution < 1.29 is 4.42 Å². The molecule has 2 rings (SSSR count). The van der Waals surface area contributed by atoms with Gasteiger partial charge < -0.3 is 9.73 Å². The highest BCUT2D eigenvalue weighted by Gasteiger charge is 2.20. The van der Waals surface area contributed by atoms with Crippen LogP contribution in [0.25, 0.3) is 0 Å². The van der Waals surface area contributed by atoms with Crippen LogP contribution in [0.15, 0.2) is 4.42 Å². The van der Waals surface area contributed by atoms with E-state index in [1.807, 2.05) is 6.92 Å². The lowest BCUT2D eigenvalue weighted by atomic mass is 9.97. The molecule has 1 fully saturated rings. The smallest absolute Gasteiger partial charge is 0.230 e. The van der Waals surface area contributed by atoms with Crippen molar-refractivity contribution in [2.24, 2.45) is 5.92 Å². The molecule has 1 aliphatic heterocycles. The molecule has 0 bridgehead atoms. The normalized spacial score (nSPS) is 18.0. The van der Waals surface area contributed by atoms with E-state index in [9.17, 15) is 0 Å². The van der Waals surface area contributed by atoms with E-state index in [4.69, 9.17) is 4.42 Å². The zero-order valence-electron chi connectivity index (χ0n) is 12.2. The molecule has 0 unspecified atom stereocenters. The molecule has 0 radical (unpaired) electrons. The fourth-order valence-corrected chi connectivity index (χ4v) is 2.52. The number of aryl methyl sites for hydroxylation is 1. The number of nitrogens with zero attached hydrogens (tertiary/aromatic N) is 3. The number of hydrogen-bond acceptors (Lipinski definition) is 5. The van der Waals surface area contributed by atoms with Crippen LogP contribution in [0, 0.1) is 5.92 Å². The van der Waals surface area contributed by atoms with Gasteiger partial charge in [0.05, 0.1) is 6.54 Å². The Morgan fingerprint density at radius 1 is 1.21 bits per heavy atom. The summed E-state index contributed by atoms with van der Waals surface area (Å²) in [7, 11) is 0. The van der Waals surface area contributed by atoms with Crippen molar-refractivity contribution in [3.8, 4) is 0 Å². The molecule has 1 N–H and O–H groups in total. The summed E-state index contributed by atoms with van der Waals surface area (Å²) in [5.41, 5.74) is 0. The summed E-state index contributed by atoms with van der Waals surface area (Å²) in [6.45, 7) is 9.65. The van der Waals surface area contributed by atoms with Crippen molar-refractivity contribution in [2.45, 2.75) is 46.1 Å². The predicted octanol–water partition coefficient (Wildman–Crippen LogP) is 1.84. The number of likely N-dealkylation sites (tertiary alicyclic amines) is 1. The Morgan fingerprint density at radius 3 is 2.58 bits per heavy atom. The van der Waals surface area contributed by atoms with Crippen LogP contribution in [0.1, 0.15) is 44.9 Å². The van der Waals surface area contributed by atoms with Crippen LogP contribution in [0.2, 0.25) is 0 Å². The van der Waals surface area contributed by atoms with Crippen LogP contribution in [0.3, 0.4) is 0 Å². The van der Waals surface area contributed by atoms with Crippen LogP contribution in [-0.2, 0) is 13.0 Å². The van der Waals surface area contributed by atoms with E-state index in [-0.39, 0.29) is 0 Å². The van der Waals surface area contributed by atoms with Gasteiger partial charge in [0.2, 0.25) is 11.8 Å². The molecule has 0 spiro atoms. The van der Waals surface area contributed by atoms with Crippen LogP contribution in [0.5, 0.6) is 0 Å². The van der Waals surface area contributed by atoms with Crippen molar-refractivity contribution in [1.29, 1.82) is 0 Å². The van der Waals surface area contributed by atoms with Gasteiger partial charge in [0.15, 0.2) is 0 Å². The van der Waals surface area contributed by atoms with Crippen molar-refractivity contribution in [3.63, 3.8) is 0 Å². The van der Waals surface area contributed by atoms with E-state index in [1.165, 1.54) is 25.8 Å².